The maximum atomic E-state index is 10.1. The van der Waals surface area contributed by atoms with Gasteiger partial charge in [-0.3, -0.25) is 0 Å². The van der Waals surface area contributed by atoms with Crippen LogP contribution in [0, 0.1) is 17.3 Å². The van der Waals surface area contributed by atoms with Gasteiger partial charge in [0, 0.05) is 13.0 Å². The van der Waals surface area contributed by atoms with Crippen molar-refractivity contribution in [2.75, 3.05) is 6.61 Å². The van der Waals surface area contributed by atoms with Gasteiger partial charge in [0.05, 0.1) is 23.9 Å². The number of allylic oxidation sites excluding steroid dienone is 3. The van der Waals surface area contributed by atoms with Crippen molar-refractivity contribution in [2.45, 2.75) is 116 Å². The molecule has 1 unspecified atom stereocenters. The van der Waals surface area contributed by atoms with E-state index < -0.39 is 17.8 Å². The van der Waals surface area contributed by atoms with E-state index in [0.29, 0.717) is 24.7 Å². The summed E-state index contributed by atoms with van der Waals surface area (Å²) in [6.07, 6.45) is 13.4. The molecule has 0 amide bonds. The number of ether oxygens (including phenoxy) is 1. The summed E-state index contributed by atoms with van der Waals surface area (Å²) in [5.41, 5.74) is 2.97. The maximum absolute atomic E-state index is 10.1. The van der Waals surface area contributed by atoms with Crippen molar-refractivity contribution in [1.29, 1.82) is 0 Å². The predicted octanol–water partition coefficient (Wildman–Crippen LogP) is 5.47. The predicted molar refractivity (Wildman–Crippen MR) is 130 cm³/mol. The Labute approximate surface area is 195 Å². The highest BCUT2D eigenvalue weighted by atomic mass is 16.5. The fourth-order valence-electron chi connectivity index (χ4n) is 6.56. The van der Waals surface area contributed by atoms with Crippen LogP contribution in [0.5, 0.6) is 0 Å². The Morgan fingerprint density at radius 1 is 1.22 bits per heavy atom. The average Bonchev–Trinajstić information content (AvgIpc) is 3.06. The molecule has 6 atom stereocenters. The van der Waals surface area contributed by atoms with Crippen molar-refractivity contribution < 1.29 is 20.1 Å². The van der Waals surface area contributed by atoms with Crippen LogP contribution in [0.4, 0.5) is 0 Å². The molecule has 4 heteroatoms. The molecule has 0 aromatic heterocycles. The molecule has 3 rings (SSSR count). The number of fused-ring (bicyclic) bond motifs is 1. The van der Waals surface area contributed by atoms with Crippen molar-refractivity contribution in [1.82, 2.24) is 0 Å². The SMILES string of the molecule is C=C1/C(=C/C=C2\CCC[C@]3(C)C([C@@H](C)OCCCCC(C)(C)O)CC[C@@H]23)C[C@@H](O)C[C@@H]1O. The third-order valence-corrected chi connectivity index (χ3v) is 8.43. The van der Waals surface area contributed by atoms with E-state index in [1.807, 2.05) is 13.8 Å². The van der Waals surface area contributed by atoms with Gasteiger partial charge in [-0.1, -0.05) is 31.2 Å². The summed E-state index contributed by atoms with van der Waals surface area (Å²) in [6.45, 7) is 13.3. The Morgan fingerprint density at radius 3 is 2.69 bits per heavy atom. The highest BCUT2D eigenvalue weighted by Crippen LogP contribution is 2.58. The molecule has 4 nitrogen and oxygen atoms in total. The monoisotopic (exact) mass is 446 g/mol. The summed E-state index contributed by atoms with van der Waals surface area (Å²) in [5, 5.41) is 30.1. The zero-order valence-corrected chi connectivity index (χ0v) is 20.8. The van der Waals surface area contributed by atoms with Gasteiger partial charge in [-0.2, -0.15) is 0 Å². The molecule has 0 saturated heterocycles. The molecule has 3 fully saturated rings. The van der Waals surface area contributed by atoms with Crippen LogP contribution in [0.2, 0.25) is 0 Å². The molecule has 3 saturated carbocycles. The number of hydrogen-bond acceptors (Lipinski definition) is 4. The van der Waals surface area contributed by atoms with Crippen LogP contribution in [0.3, 0.4) is 0 Å². The largest absolute Gasteiger partial charge is 0.393 e. The van der Waals surface area contributed by atoms with Gasteiger partial charge in [0.1, 0.15) is 0 Å². The second kappa shape index (κ2) is 10.5. The molecule has 0 spiro atoms. The van der Waals surface area contributed by atoms with Crippen molar-refractivity contribution in [2.24, 2.45) is 17.3 Å². The lowest BCUT2D eigenvalue weighted by molar-refractivity contribution is -0.0274. The van der Waals surface area contributed by atoms with Crippen molar-refractivity contribution in [3.05, 3.63) is 35.5 Å². The summed E-state index contributed by atoms with van der Waals surface area (Å²) in [4.78, 5) is 0. The first-order chi connectivity index (χ1) is 15.0. The highest BCUT2D eigenvalue weighted by molar-refractivity contribution is 5.38. The summed E-state index contributed by atoms with van der Waals surface area (Å²) in [5.74, 6) is 1.16. The molecule has 0 aromatic carbocycles. The van der Waals surface area contributed by atoms with Gasteiger partial charge in [-0.15, -0.1) is 0 Å². The second-order valence-electron chi connectivity index (χ2n) is 11.5. The third kappa shape index (κ3) is 6.14. The Balaban J connectivity index is 1.61. The molecule has 0 radical (unpaired) electrons. The summed E-state index contributed by atoms with van der Waals surface area (Å²) in [6, 6.07) is 0. The van der Waals surface area contributed by atoms with Crippen LogP contribution in [-0.4, -0.2) is 45.8 Å². The Bertz CT molecular complexity index is 715. The van der Waals surface area contributed by atoms with Crippen LogP contribution < -0.4 is 0 Å². The Morgan fingerprint density at radius 2 is 1.97 bits per heavy atom. The van der Waals surface area contributed by atoms with Gasteiger partial charge in [0.15, 0.2) is 0 Å². The number of unbranched alkanes of at least 4 members (excludes halogenated alkanes) is 1. The first kappa shape index (κ1) is 25.7. The van der Waals surface area contributed by atoms with Gasteiger partial charge in [0.25, 0.3) is 0 Å². The van der Waals surface area contributed by atoms with E-state index in [4.69, 9.17) is 4.74 Å². The molecule has 3 N–H and O–H groups in total. The van der Waals surface area contributed by atoms with E-state index in [9.17, 15) is 15.3 Å². The van der Waals surface area contributed by atoms with Gasteiger partial charge < -0.3 is 20.1 Å². The minimum Gasteiger partial charge on any atom is -0.393 e. The quantitative estimate of drug-likeness (QED) is 0.432. The summed E-state index contributed by atoms with van der Waals surface area (Å²) < 4.78 is 6.30. The summed E-state index contributed by atoms with van der Waals surface area (Å²) >= 11 is 0. The Kier molecular flexibility index (Phi) is 8.46. The van der Waals surface area contributed by atoms with Crippen molar-refractivity contribution in [3.8, 4) is 0 Å². The third-order valence-electron chi connectivity index (χ3n) is 8.43. The van der Waals surface area contributed by atoms with Gasteiger partial charge in [-0.05, 0) is 107 Å². The maximum Gasteiger partial charge on any atom is 0.0811 e. The van der Waals surface area contributed by atoms with Gasteiger partial charge >= 0.3 is 0 Å². The fraction of sp³-hybridized carbons (Fsp3) is 0.786. The normalized spacial score (nSPS) is 37.2. The molecule has 0 aromatic rings. The molecule has 182 valence electrons. The van der Waals surface area contributed by atoms with E-state index >= 15 is 0 Å². The molecular formula is C28H46O4. The van der Waals surface area contributed by atoms with E-state index in [2.05, 4.69) is 32.6 Å². The lowest BCUT2D eigenvalue weighted by atomic mass is 9.62. The second-order valence-corrected chi connectivity index (χ2v) is 11.5. The fourth-order valence-corrected chi connectivity index (χ4v) is 6.56. The topological polar surface area (TPSA) is 69.9 Å². The average molecular weight is 447 g/mol. The minimum atomic E-state index is -0.627. The zero-order chi connectivity index (χ0) is 23.5. The smallest absolute Gasteiger partial charge is 0.0811 e. The van der Waals surface area contributed by atoms with Crippen LogP contribution in [-0.2, 0) is 4.74 Å². The number of aliphatic hydroxyl groups is 3. The lowest BCUT2D eigenvalue weighted by Crippen LogP contribution is -2.38. The molecule has 32 heavy (non-hydrogen) atoms. The first-order valence-electron chi connectivity index (χ1n) is 12.8. The molecule has 0 heterocycles. The van der Waals surface area contributed by atoms with E-state index in [0.717, 1.165) is 43.4 Å². The number of rotatable bonds is 8. The first-order valence-corrected chi connectivity index (χ1v) is 12.8. The lowest BCUT2D eigenvalue weighted by Gasteiger charge is -2.44. The molecule has 0 aliphatic heterocycles. The van der Waals surface area contributed by atoms with Crippen LogP contribution in [0.15, 0.2) is 35.5 Å². The zero-order valence-electron chi connectivity index (χ0n) is 20.8. The number of aliphatic hydroxyl groups excluding tert-OH is 2. The molecule has 3 aliphatic rings. The van der Waals surface area contributed by atoms with Crippen LogP contribution in [0.25, 0.3) is 0 Å². The van der Waals surface area contributed by atoms with Gasteiger partial charge in [0.2, 0.25) is 0 Å². The van der Waals surface area contributed by atoms with Crippen LogP contribution >= 0.6 is 0 Å². The van der Waals surface area contributed by atoms with Crippen molar-refractivity contribution in [3.63, 3.8) is 0 Å². The van der Waals surface area contributed by atoms with E-state index in [1.54, 1.807) is 0 Å². The molecular weight excluding hydrogens is 400 g/mol. The van der Waals surface area contributed by atoms with Crippen molar-refractivity contribution >= 4 is 0 Å². The number of hydrogen-bond donors (Lipinski definition) is 3. The standard InChI is InChI=1S/C28H46O4/c1-19-22(17-23(29)18-26(19)30)11-10-21-9-8-15-28(5)24(12-13-25(21)28)20(2)32-16-7-6-14-27(3,4)31/h10-11,20,23-26,29-31H,1,6-9,12-18H2,2-5H3/b21-10+,22-11+/t20-,23-,24?,25+,26+,28-/m1/s1. The Hall–Kier alpha value is -0.940. The highest BCUT2D eigenvalue weighted by Gasteiger charge is 2.51. The van der Waals surface area contributed by atoms with E-state index in [-0.39, 0.29) is 11.5 Å². The molecule has 3 aliphatic carbocycles. The van der Waals surface area contributed by atoms with E-state index in [1.165, 1.54) is 31.3 Å². The van der Waals surface area contributed by atoms with Gasteiger partial charge in [-0.25, -0.2) is 0 Å². The van der Waals surface area contributed by atoms with Crippen LogP contribution in [0.1, 0.15) is 91.9 Å². The summed E-state index contributed by atoms with van der Waals surface area (Å²) in [7, 11) is 0. The molecule has 0 bridgehead atoms. The minimum absolute atomic E-state index is 0.258.